The molecule has 0 aliphatic rings. The minimum atomic E-state index is 0.640. The van der Waals surface area contributed by atoms with Crippen LogP contribution >= 0.6 is 12.6 Å². The summed E-state index contributed by atoms with van der Waals surface area (Å²) in [5.74, 6) is 0.704. The Bertz CT molecular complexity index is 340. The predicted octanol–water partition coefficient (Wildman–Crippen LogP) is 2.16. The number of aryl methyl sites for hydroxylation is 1. The van der Waals surface area contributed by atoms with E-state index in [1.165, 1.54) is 0 Å². The van der Waals surface area contributed by atoms with Gasteiger partial charge in [-0.25, -0.2) is 0 Å². The molecule has 0 amide bonds. The quantitative estimate of drug-likeness (QED) is 0.670. The van der Waals surface area contributed by atoms with Gasteiger partial charge in [0.05, 0.1) is 18.7 Å². The lowest BCUT2D eigenvalue weighted by molar-refractivity contribution is 0.404. The summed E-state index contributed by atoms with van der Waals surface area (Å²) < 4.78 is 5.04. The van der Waals surface area contributed by atoms with Crippen LogP contribution < -0.4 is 4.74 Å². The summed E-state index contributed by atoms with van der Waals surface area (Å²) in [6.07, 6.45) is 0. The highest BCUT2D eigenvalue weighted by atomic mass is 32.1. The molecule has 1 rings (SSSR count). The second kappa shape index (κ2) is 3.51. The Morgan fingerprint density at radius 3 is 2.67 bits per heavy atom. The van der Waals surface area contributed by atoms with E-state index in [9.17, 15) is 0 Å². The van der Waals surface area contributed by atoms with Crippen LogP contribution in [-0.4, -0.2) is 7.11 Å². The minimum absolute atomic E-state index is 0.640. The Hall–Kier alpha value is -1.14. The van der Waals surface area contributed by atoms with Crippen molar-refractivity contribution in [3.05, 3.63) is 23.3 Å². The summed E-state index contributed by atoms with van der Waals surface area (Å²) >= 11 is 4.17. The molecular formula is C9H9NOS. The molecule has 0 radical (unpaired) electrons. The number of nitrogens with zero attached hydrogens (tertiary/aromatic N) is 1. The van der Waals surface area contributed by atoms with Crippen LogP contribution in [0.25, 0.3) is 0 Å². The van der Waals surface area contributed by atoms with Gasteiger partial charge >= 0.3 is 0 Å². The molecule has 0 spiro atoms. The van der Waals surface area contributed by atoms with Crippen molar-refractivity contribution in [2.75, 3.05) is 7.11 Å². The molecule has 12 heavy (non-hydrogen) atoms. The third-order valence-electron chi connectivity index (χ3n) is 1.65. The van der Waals surface area contributed by atoms with E-state index in [1.54, 1.807) is 19.2 Å². The molecule has 1 aromatic rings. The molecule has 0 unspecified atom stereocenters. The van der Waals surface area contributed by atoms with E-state index in [4.69, 9.17) is 10.00 Å². The average molecular weight is 179 g/mol. The summed E-state index contributed by atoms with van der Waals surface area (Å²) in [7, 11) is 1.58. The molecule has 0 atom stereocenters. The van der Waals surface area contributed by atoms with E-state index < -0.39 is 0 Å². The normalized spacial score (nSPS) is 9.17. The lowest BCUT2D eigenvalue weighted by Crippen LogP contribution is -1.88. The first-order valence-corrected chi connectivity index (χ1v) is 3.91. The van der Waals surface area contributed by atoms with Crippen LogP contribution in [0.1, 0.15) is 11.1 Å². The van der Waals surface area contributed by atoms with Gasteiger partial charge in [-0.1, -0.05) is 0 Å². The Kier molecular flexibility index (Phi) is 2.61. The Balaban J connectivity index is 3.28. The monoisotopic (exact) mass is 179 g/mol. The van der Waals surface area contributed by atoms with Crippen LogP contribution in [0.15, 0.2) is 17.0 Å². The molecular weight excluding hydrogens is 170 g/mol. The number of methoxy groups -OCH3 is 1. The fourth-order valence-corrected chi connectivity index (χ4v) is 1.24. The smallest absolute Gasteiger partial charge is 0.132 e. The lowest BCUT2D eigenvalue weighted by Gasteiger charge is -2.05. The lowest BCUT2D eigenvalue weighted by atomic mass is 10.1. The third kappa shape index (κ3) is 1.54. The van der Waals surface area contributed by atoms with Gasteiger partial charge in [-0.15, -0.1) is 12.6 Å². The maximum atomic E-state index is 8.68. The Morgan fingerprint density at radius 1 is 1.50 bits per heavy atom. The van der Waals surface area contributed by atoms with Crippen LogP contribution in [0, 0.1) is 18.3 Å². The minimum Gasteiger partial charge on any atom is -0.496 e. The number of rotatable bonds is 1. The number of hydrogen-bond acceptors (Lipinski definition) is 3. The van der Waals surface area contributed by atoms with Gasteiger partial charge in [0.25, 0.3) is 0 Å². The number of thiol groups is 1. The van der Waals surface area contributed by atoms with E-state index in [0.717, 1.165) is 5.56 Å². The number of nitriles is 1. The molecule has 0 fully saturated rings. The second-order valence-electron chi connectivity index (χ2n) is 2.45. The van der Waals surface area contributed by atoms with Crippen molar-refractivity contribution >= 4 is 12.6 Å². The molecule has 0 aliphatic carbocycles. The molecule has 0 aliphatic heterocycles. The molecule has 0 aromatic heterocycles. The van der Waals surface area contributed by atoms with E-state index in [2.05, 4.69) is 18.7 Å². The maximum absolute atomic E-state index is 8.68. The van der Waals surface area contributed by atoms with Crippen molar-refractivity contribution in [1.82, 2.24) is 0 Å². The molecule has 0 bridgehead atoms. The predicted molar refractivity (Wildman–Crippen MR) is 49.7 cm³/mol. The van der Waals surface area contributed by atoms with Crippen molar-refractivity contribution in [2.24, 2.45) is 0 Å². The highest BCUT2D eigenvalue weighted by Crippen LogP contribution is 2.25. The summed E-state index contributed by atoms with van der Waals surface area (Å²) in [5.41, 5.74) is 1.55. The van der Waals surface area contributed by atoms with Gasteiger partial charge < -0.3 is 4.74 Å². The summed E-state index contributed by atoms with van der Waals surface area (Å²) in [4.78, 5) is 0.694. The van der Waals surface area contributed by atoms with Gasteiger partial charge in [-0.05, 0) is 24.6 Å². The fourth-order valence-electron chi connectivity index (χ4n) is 0.954. The molecule has 3 heteroatoms. The van der Waals surface area contributed by atoms with Gasteiger partial charge in [0.15, 0.2) is 0 Å². The van der Waals surface area contributed by atoms with Crippen LogP contribution in [0.3, 0.4) is 0 Å². The van der Waals surface area contributed by atoms with Crippen molar-refractivity contribution < 1.29 is 4.74 Å². The SMILES string of the molecule is COc1cc(C)c(C#N)cc1S. The van der Waals surface area contributed by atoms with Gasteiger partial charge in [-0.2, -0.15) is 5.26 Å². The number of ether oxygens (including phenoxy) is 1. The summed E-state index contributed by atoms with van der Waals surface area (Å²) in [5, 5.41) is 8.68. The Labute approximate surface area is 77.2 Å². The van der Waals surface area contributed by atoms with Crippen LogP contribution in [0.5, 0.6) is 5.75 Å². The molecule has 0 heterocycles. The second-order valence-corrected chi connectivity index (χ2v) is 2.93. The van der Waals surface area contributed by atoms with Crippen LogP contribution in [-0.2, 0) is 0 Å². The van der Waals surface area contributed by atoms with Crippen molar-refractivity contribution in [3.63, 3.8) is 0 Å². The number of hydrogen-bond donors (Lipinski definition) is 1. The zero-order chi connectivity index (χ0) is 9.14. The standard InChI is InChI=1S/C9H9NOS/c1-6-3-8(11-2)9(12)4-7(6)5-10/h3-4,12H,1-2H3. The average Bonchev–Trinajstić information content (AvgIpc) is 2.08. The zero-order valence-corrected chi connectivity index (χ0v) is 7.85. The largest absolute Gasteiger partial charge is 0.496 e. The topological polar surface area (TPSA) is 33.0 Å². The van der Waals surface area contributed by atoms with Crippen molar-refractivity contribution in [1.29, 1.82) is 5.26 Å². The first-order chi connectivity index (χ1) is 5.69. The maximum Gasteiger partial charge on any atom is 0.132 e. The summed E-state index contributed by atoms with van der Waals surface area (Å²) in [6, 6.07) is 5.60. The van der Waals surface area contributed by atoms with E-state index >= 15 is 0 Å². The number of benzene rings is 1. The summed E-state index contributed by atoms with van der Waals surface area (Å²) in [6.45, 7) is 1.87. The highest BCUT2D eigenvalue weighted by molar-refractivity contribution is 7.80. The first kappa shape index (κ1) is 8.95. The van der Waals surface area contributed by atoms with Gasteiger partial charge in [0, 0.05) is 4.90 Å². The molecule has 0 saturated carbocycles. The van der Waals surface area contributed by atoms with Crippen LogP contribution in [0.4, 0.5) is 0 Å². The van der Waals surface area contributed by atoms with Crippen molar-refractivity contribution in [2.45, 2.75) is 11.8 Å². The third-order valence-corrected chi connectivity index (χ3v) is 2.00. The van der Waals surface area contributed by atoms with Gasteiger partial charge in [-0.3, -0.25) is 0 Å². The van der Waals surface area contributed by atoms with E-state index in [-0.39, 0.29) is 0 Å². The molecule has 2 nitrogen and oxygen atoms in total. The van der Waals surface area contributed by atoms with E-state index in [0.29, 0.717) is 16.2 Å². The highest BCUT2D eigenvalue weighted by Gasteiger charge is 2.03. The van der Waals surface area contributed by atoms with Gasteiger partial charge in [0.1, 0.15) is 5.75 Å². The van der Waals surface area contributed by atoms with Gasteiger partial charge in [0.2, 0.25) is 0 Å². The molecule has 0 saturated heterocycles. The zero-order valence-electron chi connectivity index (χ0n) is 6.96. The van der Waals surface area contributed by atoms with Crippen molar-refractivity contribution in [3.8, 4) is 11.8 Å². The van der Waals surface area contributed by atoms with Crippen LogP contribution in [0.2, 0.25) is 0 Å². The first-order valence-electron chi connectivity index (χ1n) is 3.46. The molecule has 1 aromatic carbocycles. The van der Waals surface area contributed by atoms with E-state index in [1.807, 2.05) is 6.92 Å². The fraction of sp³-hybridized carbons (Fsp3) is 0.222. The molecule has 0 N–H and O–H groups in total. The molecule has 62 valence electrons. The Morgan fingerprint density at radius 2 is 2.17 bits per heavy atom.